The van der Waals surface area contributed by atoms with Crippen molar-refractivity contribution in [3.05, 3.63) is 0 Å². The number of ether oxygens (including phenoxy) is 1. The Hall–Kier alpha value is -0.170. The summed E-state index contributed by atoms with van der Waals surface area (Å²) in [5, 5.41) is 0. The molecule has 0 saturated carbocycles. The zero-order valence-corrected chi connectivity index (χ0v) is 12.8. The van der Waals surface area contributed by atoms with Gasteiger partial charge in [0, 0.05) is 25.7 Å². The van der Waals surface area contributed by atoms with E-state index < -0.39 is 10.0 Å². The van der Waals surface area contributed by atoms with Gasteiger partial charge in [0.1, 0.15) is 0 Å². The van der Waals surface area contributed by atoms with E-state index in [4.69, 9.17) is 4.74 Å². The van der Waals surface area contributed by atoms with Gasteiger partial charge < -0.3 is 9.64 Å². The molecular weight excluding hydrogens is 264 g/mol. The maximum Gasteiger partial charge on any atom is 0.214 e. The minimum absolute atomic E-state index is 0.0496. The fraction of sp³-hybridized carbons (Fsp3) is 1.00. The molecule has 112 valence electrons. The van der Waals surface area contributed by atoms with E-state index in [9.17, 15) is 8.42 Å². The molecule has 0 aromatic heterocycles. The molecule has 0 aromatic rings. The Morgan fingerprint density at radius 1 is 1.32 bits per heavy atom. The van der Waals surface area contributed by atoms with Crippen LogP contribution in [0.25, 0.3) is 0 Å². The first kappa shape index (κ1) is 15.2. The van der Waals surface area contributed by atoms with E-state index in [-0.39, 0.29) is 17.9 Å². The van der Waals surface area contributed by atoms with Crippen LogP contribution in [0.2, 0.25) is 0 Å². The molecule has 0 aliphatic carbocycles. The second kappa shape index (κ2) is 6.52. The van der Waals surface area contributed by atoms with Crippen LogP contribution < -0.4 is 4.72 Å². The molecule has 5 nitrogen and oxygen atoms in total. The smallest absolute Gasteiger partial charge is 0.214 e. The number of rotatable bonds is 5. The molecule has 0 amide bonds. The Kier molecular flexibility index (Phi) is 5.22. The Bertz CT molecular complexity index is 379. The summed E-state index contributed by atoms with van der Waals surface area (Å²) in [7, 11) is -3.23. The van der Waals surface area contributed by atoms with Gasteiger partial charge in [0.25, 0.3) is 0 Å². The molecule has 19 heavy (non-hydrogen) atoms. The van der Waals surface area contributed by atoms with Crippen LogP contribution >= 0.6 is 0 Å². The fourth-order valence-corrected chi connectivity index (χ4v) is 4.56. The van der Waals surface area contributed by atoms with Gasteiger partial charge in [-0.15, -0.1) is 0 Å². The SMILES string of the molecule is CCN1C[C@H](NS(=O)(=O)C[C@@H]2CCCCO2)[C@@H](C)C1. The van der Waals surface area contributed by atoms with Gasteiger partial charge in [0.05, 0.1) is 11.9 Å². The summed E-state index contributed by atoms with van der Waals surface area (Å²) in [6, 6.07) is 0.0496. The second-order valence-electron chi connectivity index (χ2n) is 5.82. The van der Waals surface area contributed by atoms with E-state index in [0.717, 1.165) is 38.9 Å². The van der Waals surface area contributed by atoms with Crippen molar-refractivity contribution in [2.75, 3.05) is 32.0 Å². The van der Waals surface area contributed by atoms with E-state index >= 15 is 0 Å². The normalized spacial score (nSPS) is 33.7. The molecule has 1 N–H and O–H groups in total. The number of hydrogen-bond acceptors (Lipinski definition) is 4. The summed E-state index contributed by atoms with van der Waals surface area (Å²) in [6.07, 6.45) is 2.87. The molecule has 3 atom stereocenters. The third-order valence-corrected chi connectivity index (χ3v) is 5.62. The lowest BCUT2D eigenvalue weighted by Crippen LogP contribution is -2.43. The molecule has 2 heterocycles. The lowest BCUT2D eigenvalue weighted by molar-refractivity contribution is 0.0303. The standard InChI is InChI=1S/C13H26N2O3S/c1-3-15-8-11(2)13(9-15)14-19(16,17)10-12-6-4-5-7-18-12/h11-14H,3-10H2,1-2H3/t11-,12-,13-/m0/s1. The highest BCUT2D eigenvalue weighted by atomic mass is 32.2. The lowest BCUT2D eigenvalue weighted by atomic mass is 10.1. The van der Waals surface area contributed by atoms with Crippen molar-refractivity contribution in [2.24, 2.45) is 5.92 Å². The monoisotopic (exact) mass is 290 g/mol. The van der Waals surface area contributed by atoms with E-state index in [1.54, 1.807) is 0 Å². The highest BCUT2D eigenvalue weighted by Gasteiger charge is 2.32. The van der Waals surface area contributed by atoms with Gasteiger partial charge in [-0.2, -0.15) is 0 Å². The van der Waals surface area contributed by atoms with Crippen LogP contribution in [-0.2, 0) is 14.8 Å². The summed E-state index contributed by atoms with van der Waals surface area (Å²) >= 11 is 0. The van der Waals surface area contributed by atoms with Crippen LogP contribution in [0.4, 0.5) is 0 Å². The summed E-state index contributed by atoms with van der Waals surface area (Å²) in [4.78, 5) is 2.29. The van der Waals surface area contributed by atoms with Gasteiger partial charge in [-0.1, -0.05) is 13.8 Å². The average molecular weight is 290 g/mol. The van der Waals surface area contributed by atoms with Crippen molar-refractivity contribution in [3.63, 3.8) is 0 Å². The lowest BCUT2D eigenvalue weighted by Gasteiger charge is -2.24. The van der Waals surface area contributed by atoms with Gasteiger partial charge in [-0.05, 0) is 31.7 Å². The minimum Gasteiger partial charge on any atom is -0.377 e. The largest absolute Gasteiger partial charge is 0.377 e. The van der Waals surface area contributed by atoms with E-state index in [1.807, 2.05) is 0 Å². The average Bonchev–Trinajstić information content (AvgIpc) is 2.70. The molecule has 2 fully saturated rings. The van der Waals surface area contributed by atoms with E-state index in [2.05, 4.69) is 23.5 Å². The van der Waals surface area contributed by atoms with Gasteiger partial charge >= 0.3 is 0 Å². The molecule has 0 spiro atoms. The highest BCUT2D eigenvalue weighted by Crippen LogP contribution is 2.18. The van der Waals surface area contributed by atoms with Crippen LogP contribution in [-0.4, -0.2) is 57.5 Å². The third kappa shape index (κ3) is 4.41. The first-order chi connectivity index (χ1) is 9.00. The van der Waals surface area contributed by atoms with Crippen molar-refractivity contribution in [1.29, 1.82) is 0 Å². The zero-order chi connectivity index (χ0) is 13.9. The Morgan fingerprint density at radius 3 is 2.68 bits per heavy atom. The number of likely N-dealkylation sites (tertiary alicyclic amines) is 1. The van der Waals surface area contributed by atoms with Crippen LogP contribution in [0.5, 0.6) is 0 Å². The molecule has 2 rings (SSSR count). The van der Waals surface area contributed by atoms with Crippen molar-refractivity contribution < 1.29 is 13.2 Å². The minimum atomic E-state index is -3.23. The number of likely N-dealkylation sites (N-methyl/N-ethyl adjacent to an activating group) is 1. The molecule has 0 unspecified atom stereocenters. The molecule has 0 radical (unpaired) electrons. The molecular formula is C13H26N2O3S. The Balaban J connectivity index is 1.86. The van der Waals surface area contributed by atoms with Gasteiger partial charge in [-0.3, -0.25) is 0 Å². The van der Waals surface area contributed by atoms with Gasteiger partial charge in [0.2, 0.25) is 10.0 Å². The molecule has 0 aromatic carbocycles. The fourth-order valence-electron chi connectivity index (χ4n) is 2.94. The first-order valence-electron chi connectivity index (χ1n) is 7.34. The van der Waals surface area contributed by atoms with Gasteiger partial charge in [-0.25, -0.2) is 13.1 Å². The molecule has 2 aliphatic heterocycles. The summed E-state index contributed by atoms with van der Waals surface area (Å²) in [5.74, 6) is 0.490. The topological polar surface area (TPSA) is 58.6 Å². The van der Waals surface area contributed by atoms with Crippen molar-refractivity contribution in [3.8, 4) is 0 Å². The highest BCUT2D eigenvalue weighted by molar-refractivity contribution is 7.89. The quantitative estimate of drug-likeness (QED) is 0.814. The number of nitrogens with one attached hydrogen (secondary N) is 1. The van der Waals surface area contributed by atoms with Crippen molar-refractivity contribution in [1.82, 2.24) is 9.62 Å². The summed E-state index contributed by atoms with van der Waals surface area (Å²) in [6.45, 7) is 7.70. The van der Waals surface area contributed by atoms with Crippen LogP contribution in [0.1, 0.15) is 33.1 Å². The van der Waals surface area contributed by atoms with Gasteiger partial charge in [0.15, 0.2) is 0 Å². The van der Waals surface area contributed by atoms with E-state index in [0.29, 0.717) is 12.5 Å². The summed E-state index contributed by atoms with van der Waals surface area (Å²) < 4.78 is 32.8. The number of hydrogen-bond donors (Lipinski definition) is 1. The maximum absolute atomic E-state index is 12.2. The summed E-state index contributed by atoms with van der Waals surface area (Å²) in [5.41, 5.74) is 0. The molecule has 6 heteroatoms. The van der Waals surface area contributed by atoms with Crippen molar-refractivity contribution in [2.45, 2.75) is 45.3 Å². The van der Waals surface area contributed by atoms with Crippen LogP contribution in [0, 0.1) is 5.92 Å². The molecule has 2 saturated heterocycles. The van der Waals surface area contributed by atoms with Crippen molar-refractivity contribution >= 4 is 10.0 Å². The molecule has 0 bridgehead atoms. The van der Waals surface area contributed by atoms with E-state index in [1.165, 1.54) is 0 Å². The molecule has 2 aliphatic rings. The zero-order valence-electron chi connectivity index (χ0n) is 12.0. The first-order valence-corrected chi connectivity index (χ1v) is 8.99. The second-order valence-corrected chi connectivity index (χ2v) is 7.62. The Labute approximate surface area is 116 Å². The van der Waals surface area contributed by atoms with Crippen LogP contribution in [0.3, 0.4) is 0 Å². The predicted molar refractivity (Wildman–Crippen MR) is 75.6 cm³/mol. The predicted octanol–water partition coefficient (Wildman–Crippen LogP) is 0.815. The van der Waals surface area contributed by atoms with Crippen LogP contribution in [0.15, 0.2) is 0 Å². The number of sulfonamides is 1. The third-order valence-electron chi connectivity index (χ3n) is 4.15. The number of nitrogens with zero attached hydrogens (tertiary/aromatic N) is 1. The Morgan fingerprint density at radius 2 is 2.11 bits per heavy atom. The maximum atomic E-state index is 12.2.